The molecule has 0 fully saturated rings. The van der Waals surface area contributed by atoms with Crippen molar-refractivity contribution in [2.45, 2.75) is 59.0 Å². The molecule has 0 saturated heterocycles. The van der Waals surface area contributed by atoms with Gasteiger partial charge in [-0.1, -0.05) is 6.07 Å². The highest BCUT2D eigenvalue weighted by atomic mass is 32.1. The predicted octanol–water partition coefficient (Wildman–Crippen LogP) is 6.14. The number of rotatable bonds is 1. The van der Waals surface area contributed by atoms with E-state index >= 15 is 0 Å². The van der Waals surface area contributed by atoms with Crippen molar-refractivity contribution in [2.75, 3.05) is 5.32 Å². The van der Waals surface area contributed by atoms with Gasteiger partial charge in [0, 0.05) is 28.0 Å². The van der Waals surface area contributed by atoms with E-state index in [4.69, 9.17) is 0 Å². The fourth-order valence-electron chi connectivity index (χ4n) is 4.85. The second kappa shape index (κ2) is 7.06. The predicted molar refractivity (Wildman–Crippen MR) is 119 cm³/mol. The number of thiophene rings is 1. The average Bonchev–Trinajstić information content (AvgIpc) is 3.27. The minimum absolute atomic E-state index is 0.00902. The number of hydrogen-bond donors (Lipinski definition) is 1. The number of aryl methyl sites for hydroxylation is 3. The van der Waals surface area contributed by atoms with Crippen molar-refractivity contribution in [2.24, 2.45) is 0 Å². The molecule has 0 spiro atoms. The molecule has 150 valence electrons. The maximum atomic E-state index is 13.4. The Morgan fingerprint density at radius 1 is 1.10 bits per heavy atom. The van der Waals surface area contributed by atoms with Crippen LogP contribution in [0.4, 0.5) is 10.5 Å². The zero-order chi connectivity index (χ0) is 20.1. The van der Waals surface area contributed by atoms with Gasteiger partial charge in [-0.05, 0) is 87.4 Å². The molecule has 4 nitrogen and oxygen atoms in total. The third-order valence-electron chi connectivity index (χ3n) is 6.22. The first-order valence-electron chi connectivity index (χ1n) is 10.5. The van der Waals surface area contributed by atoms with Crippen LogP contribution >= 0.6 is 11.3 Å². The van der Waals surface area contributed by atoms with Gasteiger partial charge in [0.1, 0.15) is 5.00 Å². The summed E-state index contributed by atoms with van der Waals surface area (Å²) in [5, 5.41) is 4.47. The Kier molecular flexibility index (Phi) is 4.50. The molecule has 2 aliphatic rings. The van der Waals surface area contributed by atoms with Gasteiger partial charge in [-0.25, -0.2) is 4.79 Å². The summed E-state index contributed by atoms with van der Waals surface area (Å²) in [6, 6.07) is 10.4. The number of nitrogens with zero attached hydrogens (tertiary/aromatic N) is 2. The van der Waals surface area contributed by atoms with Gasteiger partial charge in [0.15, 0.2) is 0 Å². The first-order valence-corrected chi connectivity index (χ1v) is 11.3. The van der Waals surface area contributed by atoms with E-state index in [9.17, 15) is 4.79 Å². The monoisotopic (exact) mass is 405 g/mol. The topological polar surface area (TPSA) is 37.3 Å². The van der Waals surface area contributed by atoms with Gasteiger partial charge in [0.05, 0.1) is 12.6 Å². The van der Waals surface area contributed by atoms with Gasteiger partial charge < -0.3 is 14.8 Å². The van der Waals surface area contributed by atoms with E-state index in [1.165, 1.54) is 46.0 Å². The number of carbonyl (C=O) groups is 1. The molecule has 1 aliphatic carbocycles. The number of urea groups is 1. The smallest absolute Gasteiger partial charge is 0.312 e. The molecule has 0 radical (unpaired) electrons. The minimum Gasteiger partial charge on any atom is -0.312 e. The van der Waals surface area contributed by atoms with Crippen LogP contribution in [0.5, 0.6) is 0 Å². The summed E-state index contributed by atoms with van der Waals surface area (Å²) in [7, 11) is 0. The molecular weight excluding hydrogens is 378 g/mol. The van der Waals surface area contributed by atoms with Crippen molar-refractivity contribution in [3.8, 4) is 5.00 Å². The molecule has 1 aromatic carbocycles. The van der Waals surface area contributed by atoms with E-state index in [0.29, 0.717) is 6.54 Å². The van der Waals surface area contributed by atoms with E-state index in [-0.39, 0.29) is 12.1 Å². The SMILES string of the molecule is Cc1cc(C)cc(NC(=O)N2Cc3c(sc4c3CCCC4)-n3cccc3C2C)c1. The fraction of sp³-hybridized carbons (Fsp3) is 0.375. The van der Waals surface area contributed by atoms with Crippen LogP contribution in [0.15, 0.2) is 36.5 Å². The summed E-state index contributed by atoms with van der Waals surface area (Å²) in [6.45, 7) is 6.93. The lowest BCUT2D eigenvalue weighted by atomic mass is 9.95. The van der Waals surface area contributed by atoms with Crippen molar-refractivity contribution in [3.63, 3.8) is 0 Å². The molecule has 1 atom stereocenters. The lowest BCUT2D eigenvalue weighted by Crippen LogP contribution is -2.36. The number of aromatic nitrogens is 1. The summed E-state index contributed by atoms with van der Waals surface area (Å²) in [4.78, 5) is 16.9. The van der Waals surface area contributed by atoms with E-state index in [0.717, 1.165) is 23.2 Å². The molecule has 0 saturated carbocycles. The van der Waals surface area contributed by atoms with Gasteiger partial charge in [-0.15, -0.1) is 11.3 Å². The summed E-state index contributed by atoms with van der Waals surface area (Å²) >= 11 is 1.93. The molecule has 1 N–H and O–H groups in total. The highest BCUT2D eigenvalue weighted by Gasteiger charge is 2.32. The Morgan fingerprint density at radius 3 is 2.66 bits per heavy atom. The van der Waals surface area contributed by atoms with Crippen LogP contribution in [0.2, 0.25) is 0 Å². The first-order chi connectivity index (χ1) is 14.0. The Hall–Kier alpha value is -2.53. The van der Waals surface area contributed by atoms with Crippen LogP contribution in [0, 0.1) is 13.8 Å². The van der Waals surface area contributed by atoms with Crippen LogP contribution in [0.25, 0.3) is 5.00 Å². The molecule has 3 aromatic rings. The second-order valence-electron chi connectivity index (χ2n) is 8.41. The molecular formula is C24H27N3OS. The van der Waals surface area contributed by atoms with E-state index in [1.807, 2.05) is 28.4 Å². The average molecular weight is 406 g/mol. The third kappa shape index (κ3) is 3.18. The number of nitrogens with one attached hydrogen (secondary N) is 1. The van der Waals surface area contributed by atoms with Crippen LogP contribution < -0.4 is 5.32 Å². The van der Waals surface area contributed by atoms with Gasteiger partial charge in [0.25, 0.3) is 0 Å². The van der Waals surface area contributed by atoms with Crippen molar-refractivity contribution in [3.05, 3.63) is 69.4 Å². The number of fused-ring (bicyclic) bond motifs is 5. The molecule has 5 rings (SSSR count). The molecule has 2 aromatic heterocycles. The Balaban J connectivity index is 1.54. The molecule has 29 heavy (non-hydrogen) atoms. The maximum absolute atomic E-state index is 13.4. The summed E-state index contributed by atoms with van der Waals surface area (Å²) in [6.07, 6.45) is 6.99. The van der Waals surface area contributed by atoms with Gasteiger partial charge in [-0.3, -0.25) is 0 Å². The summed E-state index contributed by atoms with van der Waals surface area (Å²) in [5.74, 6) is 0. The number of anilines is 1. The normalized spacial score (nSPS) is 17.9. The summed E-state index contributed by atoms with van der Waals surface area (Å²) in [5.41, 5.74) is 7.21. The fourth-order valence-corrected chi connectivity index (χ4v) is 6.25. The molecule has 2 amide bonds. The zero-order valence-electron chi connectivity index (χ0n) is 17.3. The number of amides is 2. The molecule has 0 bridgehead atoms. The Bertz CT molecular complexity index is 1070. The van der Waals surface area contributed by atoms with Gasteiger partial charge in [-0.2, -0.15) is 0 Å². The molecule has 5 heteroatoms. The Labute approximate surface area is 176 Å². The zero-order valence-corrected chi connectivity index (χ0v) is 18.1. The van der Waals surface area contributed by atoms with Crippen molar-refractivity contribution >= 4 is 23.1 Å². The van der Waals surface area contributed by atoms with Crippen molar-refractivity contribution < 1.29 is 4.79 Å². The maximum Gasteiger partial charge on any atom is 0.322 e. The molecule has 1 unspecified atom stereocenters. The Morgan fingerprint density at radius 2 is 1.86 bits per heavy atom. The quantitative estimate of drug-likeness (QED) is 0.518. The number of hydrogen-bond acceptors (Lipinski definition) is 2. The van der Waals surface area contributed by atoms with Crippen LogP contribution in [-0.2, 0) is 19.4 Å². The largest absolute Gasteiger partial charge is 0.322 e. The van der Waals surface area contributed by atoms with Crippen LogP contribution in [0.3, 0.4) is 0 Å². The highest BCUT2D eigenvalue weighted by Crippen LogP contribution is 2.42. The van der Waals surface area contributed by atoms with E-state index < -0.39 is 0 Å². The van der Waals surface area contributed by atoms with Gasteiger partial charge >= 0.3 is 6.03 Å². The van der Waals surface area contributed by atoms with E-state index in [2.05, 4.69) is 55.1 Å². The second-order valence-corrected chi connectivity index (χ2v) is 9.49. The lowest BCUT2D eigenvalue weighted by molar-refractivity contribution is 0.189. The molecule has 3 heterocycles. The summed E-state index contributed by atoms with van der Waals surface area (Å²) < 4.78 is 2.31. The number of benzene rings is 1. The van der Waals surface area contributed by atoms with Crippen molar-refractivity contribution in [1.82, 2.24) is 9.47 Å². The highest BCUT2D eigenvalue weighted by molar-refractivity contribution is 7.15. The van der Waals surface area contributed by atoms with Gasteiger partial charge in [0.2, 0.25) is 0 Å². The van der Waals surface area contributed by atoms with E-state index in [1.54, 1.807) is 0 Å². The van der Waals surface area contributed by atoms with Crippen molar-refractivity contribution in [1.29, 1.82) is 0 Å². The van der Waals surface area contributed by atoms with Crippen LogP contribution in [-0.4, -0.2) is 15.5 Å². The standard InChI is InChI=1S/C24H27N3OS/c1-15-11-16(2)13-18(12-15)25-24(28)27-14-20-19-7-4-5-9-22(19)29-23(20)26-10-6-8-21(26)17(27)3/h6,8,10-13,17H,4-5,7,9,14H2,1-3H3,(H,25,28). The minimum atomic E-state index is -0.0288. The third-order valence-corrected chi connectivity index (χ3v) is 7.55. The lowest BCUT2D eigenvalue weighted by Gasteiger charge is -2.28. The first kappa shape index (κ1) is 18.5. The molecule has 1 aliphatic heterocycles. The number of carbonyl (C=O) groups excluding carboxylic acids is 1. The van der Waals surface area contributed by atoms with Crippen LogP contribution in [0.1, 0.15) is 58.6 Å².